The fourth-order valence-electron chi connectivity index (χ4n) is 2.26. The number of fused-ring (bicyclic) bond motifs is 3. The third kappa shape index (κ3) is 2.42. The summed E-state index contributed by atoms with van der Waals surface area (Å²) < 4.78 is 5.85. The Kier molecular flexibility index (Phi) is 3.74. The van der Waals surface area contributed by atoms with Gasteiger partial charge in [-0.15, -0.1) is 0 Å². The van der Waals surface area contributed by atoms with Crippen molar-refractivity contribution in [2.75, 3.05) is 13.2 Å². The van der Waals surface area contributed by atoms with Crippen molar-refractivity contribution in [1.82, 2.24) is 9.97 Å². The van der Waals surface area contributed by atoms with E-state index in [1.807, 2.05) is 30.3 Å². The number of rotatable bonds is 5. The van der Waals surface area contributed by atoms with Crippen molar-refractivity contribution in [2.45, 2.75) is 12.8 Å². The minimum Gasteiger partial charge on any atom is -0.493 e. The van der Waals surface area contributed by atoms with Crippen molar-refractivity contribution in [3.05, 3.63) is 42.7 Å². The summed E-state index contributed by atoms with van der Waals surface area (Å²) in [5.41, 5.74) is 1.76. The van der Waals surface area contributed by atoms with E-state index in [4.69, 9.17) is 9.84 Å². The molecule has 0 aliphatic carbocycles. The molecule has 3 aromatic rings. The van der Waals surface area contributed by atoms with Gasteiger partial charge in [0.2, 0.25) is 0 Å². The van der Waals surface area contributed by atoms with Gasteiger partial charge in [0, 0.05) is 29.8 Å². The third-order valence-electron chi connectivity index (χ3n) is 3.23. The van der Waals surface area contributed by atoms with Crippen LogP contribution in [0.1, 0.15) is 12.8 Å². The highest BCUT2D eigenvalue weighted by Crippen LogP contribution is 2.30. The zero-order valence-corrected chi connectivity index (χ0v) is 11.1. The number of hydrogen-bond acceptors (Lipinski definition) is 4. The highest BCUT2D eigenvalue weighted by atomic mass is 16.5. The van der Waals surface area contributed by atoms with Crippen LogP contribution in [0.2, 0.25) is 0 Å². The van der Waals surface area contributed by atoms with E-state index in [0.29, 0.717) is 6.61 Å². The van der Waals surface area contributed by atoms with Crippen LogP contribution in [0.3, 0.4) is 0 Å². The van der Waals surface area contributed by atoms with Crippen LogP contribution in [0.25, 0.3) is 21.8 Å². The molecule has 0 radical (unpaired) electrons. The van der Waals surface area contributed by atoms with E-state index in [1.54, 1.807) is 12.4 Å². The fraction of sp³-hybridized carbons (Fsp3) is 0.250. The molecule has 2 heterocycles. The topological polar surface area (TPSA) is 55.2 Å². The van der Waals surface area contributed by atoms with Crippen molar-refractivity contribution in [3.8, 4) is 5.75 Å². The van der Waals surface area contributed by atoms with Crippen LogP contribution < -0.4 is 4.74 Å². The molecule has 0 aliphatic rings. The van der Waals surface area contributed by atoms with Gasteiger partial charge in [0.25, 0.3) is 0 Å². The van der Waals surface area contributed by atoms with Gasteiger partial charge in [-0.1, -0.05) is 6.07 Å². The smallest absolute Gasteiger partial charge is 0.129 e. The molecule has 1 aromatic carbocycles. The van der Waals surface area contributed by atoms with Crippen molar-refractivity contribution >= 4 is 21.8 Å². The average molecular weight is 268 g/mol. The maximum atomic E-state index is 8.80. The van der Waals surface area contributed by atoms with E-state index >= 15 is 0 Å². The monoisotopic (exact) mass is 268 g/mol. The lowest BCUT2D eigenvalue weighted by Gasteiger charge is -2.10. The molecule has 0 unspecified atom stereocenters. The second-order valence-corrected chi connectivity index (χ2v) is 4.63. The summed E-state index contributed by atoms with van der Waals surface area (Å²) in [4.78, 5) is 8.84. The predicted octanol–water partition coefficient (Wildman–Crippen LogP) is 2.93. The molecular formula is C16H16N2O2. The molecule has 3 rings (SSSR count). The number of hydrogen-bond donors (Lipinski definition) is 1. The fourth-order valence-corrected chi connectivity index (χ4v) is 2.26. The summed E-state index contributed by atoms with van der Waals surface area (Å²) in [6.07, 6.45) is 5.14. The molecule has 0 saturated carbocycles. The Balaban J connectivity index is 2.05. The van der Waals surface area contributed by atoms with Crippen LogP contribution in [-0.4, -0.2) is 28.3 Å². The highest BCUT2D eigenvalue weighted by Gasteiger charge is 2.08. The Morgan fingerprint density at radius 1 is 1.00 bits per heavy atom. The van der Waals surface area contributed by atoms with Gasteiger partial charge in [0.15, 0.2) is 0 Å². The molecule has 1 N–H and O–H groups in total. The standard InChI is InChI=1S/C16H16N2O2/c19-9-1-2-10-20-14-11-12-5-3-7-17-15(12)16-13(14)6-4-8-18-16/h3-8,11,19H,1-2,9-10H2. The summed E-state index contributed by atoms with van der Waals surface area (Å²) in [5, 5.41) is 10.8. The number of aliphatic hydroxyl groups is 1. The summed E-state index contributed by atoms with van der Waals surface area (Å²) in [5.74, 6) is 0.825. The van der Waals surface area contributed by atoms with Crippen LogP contribution in [-0.2, 0) is 0 Å². The third-order valence-corrected chi connectivity index (χ3v) is 3.23. The Morgan fingerprint density at radius 2 is 1.80 bits per heavy atom. The molecule has 0 atom stereocenters. The van der Waals surface area contributed by atoms with Crippen LogP contribution >= 0.6 is 0 Å². The van der Waals surface area contributed by atoms with Gasteiger partial charge in [0.05, 0.1) is 12.1 Å². The van der Waals surface area contributed by atoms with Crippen molar-refractivity contribution in [2.24, 2.45) is 0 Å². The molecule has 4 nitrogen and oxygen atoms in total. The van der Waals surface area contributed by atoms with E-state index < -0.39 is 0 Å². The molecule has 2 aromatic heterocycles. The first-order valence-corrected chi connectivity index (χ1v) is 6.76. The number of benzene rings is 1. The first kappa shape index (κ1) is 12.8. The van der Waals surface area contributed by atoms with Crippen LogP contribution in [0.15, 0.2) is 42.7 Å². The molecule has 102 valence electrons. The van der Waals surface area contributed by atoms with Gasteiger partial charge in [-0.05, 0) is 37.1 Å². The second kappa shape index (κ2) is 5.84. The van der Waals surface area contributed by atoms with Gasteiger partial charge in [0.1, 0.15) is 11.3 Å². The van der Waals surface area contributed by atoms with Gasteiger partial charge in [-0.25, -0.2) is 0 Å². The molecule has 0 amide bonds. The van der Waals surface area contributed by atoms with Gasteiger partial charge < -0.3 is 9.84 Å². The van der Waals surface area contributed by atoms with Crippen LogP contribution in [0.5, 0.6) is 5.75 Å². The Labute approximate surface area is 117 Å². The number of unbranched alkanes of at least 4 members (excludes halogenated alkanes) is 1. The van der Waals surface area contributed by atoms with E-state index in [2.05, 4.69) is 9.97 Å². The first-order chi connectivity index (χ1) is 9.90. The van der Waals surface area contributed by atoms with Gasteiger partial charge in [-0.2, -0.15) is 0 Å². The predicted molar refractivity (Wildman–Crippen MR) is 78.9 cm³/mol. The minimum absolute atomic E-state index is 0.202. The zero-order valence-electron chi connectivity index (χ0n) is 11.1. The van der Waals surface area contributed by atoms with Gasteiger partial charge in [-0.3, -0.25) is 9.97 Å². The lowest BCUT2D eigenvalue weighted by molar-refractivity contribution is 0.254. The first-order valence-electron chi connectivity index (χ1n) is 6.76. The maximum absolute atomic E-state index is 8.80. The normalized spacial score (nSPS) is 11.1. The zero-order chi connectivity index (χ0) is 13.8. The summed E-state index contributed by atoms with van der Waals surface area (Å²) in [6.45, 7) is 0.795. The average Bonchev–Trinajstić information content (AvgIpc) is 2.51. The van der Waals surface area contributed by atoms with E-state index in [0.717, 1.165) is 40.4 Å². The van der Waals surface area contributed by atoms with E-state index in [1.165, 1.54) is 0 Å². The number of aliphatic hydroxyl groups excluding tert-OH is 1. The molecule has 0 spiro atoms. The van der Waals surface area contributed by atoms with Crippen molar-refractivity contribution < 1.29 is 9.84 Å². The lowest BCUT2D eigenvalue weighted by Crippen LogP contribution is -2.00. The number of nitrogens with zero attached hydrogens (tertiary/aromatic N) is 2. The van der Waals surface area contributed by atoms with E-state index in [-0.39, 0.29) is 6.61 Å². The summed E-state index contributed by atoms with van der Waals surface area (Å²) >= 11 is 0. The quantitative estimate of drug-likeness (QED) is 0.571. The minimum atomic E-state index is 0.202. The molecule has 0 fully saturated rings. The lowest BCUT2D eigenvalue weighted by atomic mass is 10.1. The Bertz CT molecular complexity index is 728. The molecule has 0 saturated heterocycles. The summed E-state index contributed by atoms with van der Waals surface area (Å²) in [6, 6.07) is 9.82. The number of aromatic nitrogens is 2. The van der Waals surface area contributed by atoms with Crippen LogP contribution in [0, 0.1) is 0 Å². The second-order valence-electron chi connectivity index (χ2n) is 4.63. The van der Waals surface area contributed by atoms with Gasteiger partial charge >= 0.3 is 0 Å². The van der Waals surface area contributed by atoms with E-state index in [9.17, 15) is 0 Å². The number of ether oxygens (including phenoxy) is 1. The Morgan fingerprint density at radius 3 is 2.65 bits per heavy atom. The molecular weight excluding hydrogens is 252 g/mol. The van der Waals surface area contributed by atoms with Crippen molar-refractivity contribution in [3.63, 3.8) is 0 Å². The summed E-state index contributed by atoms with van der Waals surface area (Å²) in [7, 11) is 0. The SMILES string of the molecule is OCCCCOc1cc2cccnc2c2ncccc12. The highest BCUT2D eigenvalue weighted by molar-refractivity contribution is 6.05. The maximum Gasteiger partial charge on any atom is 0.129 e. The Hall–Kier alpha value is -2.20. The molecule has 0 aliphatic heterocycles. The van der Waals surface area contributed by atoms with Crippen molar-refractivity contribution in [1.29, 1.82) is 0 Å². The number of pyridine rings is 2. The molecule has 0 bridgehead atoms. The largest absolute Gasteiger partial charge is 0.493 e. The van der Waals surface area contributed by atoms with Crippen LogP contribution in [0.4, 0.5) is 0 Å². The molecule has 4 heteroatoms. The molecule has 20 heavy (non-hydrogen) atoms.